The number of nitrogens with two attached hydrogens (primary N) is 1. The van der Waals surface area contributed by atoms with Gasteiger partial charge in [-0.25, -0.2) is 9.07 Å². The van der Waals surface area contributed by atoms with Gasteiger partial charge in [-0.1, -0.05) is 13.8 Å². The van der Waals surface area contributed by atoms with Crippen LogP contribution in [0.2, 0.25) is 0 Å². The van der Waals surface area contributed by atoms with Gasteiger partial charge in [-0.2, -0.15) is 5.10 Å². The summed E-state index contributed by atoms with van der Waals surface area (Å²) in [4.78, 5) is 0. The van der Waals surface area contributed by atoms with Crippen LogP contribution in [-0.4, -0.2) is 9.78 Å². The first-order valence-corrected chi connectivity index (χ1v) is 5.18. The molecule has 3 nitrogen and oxygen atoms in total. The van der Waals surface area contributed by atoms with Crippen molar-refractivity contribution in [2.75, 3.05) is 5.73 Å². The summed E-state index contributed by atoms with van der Waals surface area (Å²) in [5.74, 6) is 0.00348. The van der Waals surface area contributed by atoms with E-state index < -0.39 is 0 Å². The maximum Gasteiger partial charge on any atom is 0.127 e. The molecular weight excluding hydrogens is 205 g/mol. The lowest BCUT2D eigenvalue weighted by Crippen LogP contribution is -1.99. The van der Waals surface area contributed by atoms with Crippen LogP contribution in [0.25, 0.3) is 5.69 Å². The van der Waals surface area contributed by atoms with E-state index >= 15 is 0 Å². The largest absolute Gasteiger partial charge is 0.399 e. The van der Waals surface area contributed by atoms with Crippen molar-refractivity contribution in [1.82, 2.24) is 9.78 Å². The average molecular weight is 219 g/mol. The second-order valence-corrected chi connectivity index (χ2v) is 4.08. The van der Waals surface area contributed by atoms with E-state index in [1.165, 1.54) is 12.1 Å². The minimum absolute atomic E-state index is 0.350. The van der Waals surface area contributed by atoms with Crippen LogP contribution in [0, 0.1) is 5.82 Å². The monoisotopic (exact) mass is 219 g/mol. The SMILES string of the molecule is CC(C)c1ccn(-c2cc(N)cc(F)c2)n1. The Morgan fingerprint density at radius 3 is 2.62 bits per heavy atom. The summed E-state index contributed by atoms with van der Waals surface area (Å²) in [5.41, 5.74) is 7.60. The van der Waals surface area contributed by atoms with Crippen LogP contribution in [0.15, 0.2) is 30.5 Å². The van der Waals surface area contributed by atoms with Crippen molar-refractivity contribution in [3.63, 3.8) is 0 Å². The summed E-state index contributed by atoms with van der Waals surface area (Å²) in [7, 11) is 0. The van der Waals surface area contributed by atoms with Crippen LogP contribution in [0.5, 0.6) is 0 Å². The molecule has 0 radical (unpaired) electrons. The number of hydrogen-bond donors (Lipinski definition) is 1. The first-order chi connectivity index (χ1) is 7.56. The Hall–Kier alpha value is -1.84. The Morgan fingerprint density at radius 1 is 1.31 bits per heavy atom. The van der Waals surface area contributed by atoms with Crippen LogP contribution in [0.3, 0.4) is 0 Å². The number of rotatable bonds is 2. The highest BCUT2D eigenvalue weighted by Gasteiger charge is 2.06. The van der Waals surface area contributed by atoms with Gasteiger partial charge in [0.1, 0.15) is 5.82 Å². The van der Waals surface area contributed by atoms with E-state index in [9.17, 15) is 4.39 Å². The second kappa shape index (κ2) is 3.96. The molecule has 1 heterocycles. The standard InChI is InChI=1S/C12H14FN3/c1-8(2)12-3-4-16(15-12)11-6-9(13)5-10(14)7-11/h3-8H,14H2,1-2H3. The highest BCUT2D eigenvalue weighted by atomic mass is 19.1. The smallest absolute Gasteiger partial charge is 0.127 e. The number of halogens is 1. The molecule has 0 unspecified atom stereocenters. The molecule has 0 saturated heterocycles. The number of anilines is 1. The first-order valence-electron chi connectivity index (χ1n) is 5.18. The Balaban J connectivity index is 2.42. The van der Waals surface area contributed by atoms with Crippen molar-refractivity contribution >= 4 is 5.69 Å². The van der Waals surface area contributed by atoms with Crippen LogP contribution in [0.1, 0.15) is 25.5 Å². The molecule has 2 aromatic rings. The van der Waals surface area contributed by atoms with Gasteiger partial charge in [0, 0.05) is 11.9 Å². The van der Waals surface area contributed by atoms with Gasteiger partial charge in [0.05, 0.1) is 11.4 Å². The van der Waals surface area contributed by atoms with Crippen molar-refractivity contribution in [3.05, 3.63) is 42.0 Å². The minimum atomic E-state index is -0.350. The number of aromatic nitrogens is 2. The Labute approximate surface area is 93.7 Å². The zero-order valence-electron chi connectivity index (χ0n) is 9.31. The van der Waals surface area contributed by atoms with Gasteiger partial charge in [0.15, 0.2) is 0 Å². The van der Waals surface area contributed by atoms with Gasteiger partial charge in [0.25, 0.3) is 0 Å². The quantitative estimate of drug-likeness (QED) is 0.789. The van der Waals surface area contributed by atoms with Gasteiger partial charge < -0.3 is 5.73 Å². The fourth-order valence-corrected chi connectivity index (χ4v) is 1.52. The second-order valence-electron chi connectivity index (χ2n) is 4.08. The van der Waals surface area contributed by atoms with E-state index in [1.807, 2.05) is 12.3 Å². The number of hydrogen-bond acceptors (Lipinski definition) is 2. The van der Waals surface area contributed by atoms with Crippen molar-refractivity contribution in [1.29, 1.82) is 0 Å². The predicted octanol–water partition coefficient (Wildman–Crippen LogP) is 2.72. The summed E-state index contributed by atoms with van der Waals surface area (Å²) in [6.45, 7) is 4.12. The molecule has 0 atom stereocenters. The van der Waals surface area contributed by atoms with Crippen molar-refractivity contribution in [2.45, 2.75) is 19.8 Å². The molecule has 0 aliphatic carbocycles. The fourth-order valence-electron chi connectivity index (χ4n) is 1.52. The first kappa shape index (κ1) is 10.7. The predicted molar refractivity (Wildman–Crippen MR) is 62.0 cm³/mol. The number of nitrogens with zero attached hydrogens (tertiary/aromatic N) is 2. The minimum Gasteiger partial charge on any atom is -0.399 e. The molecule has 0 saturated carbocycles. The Morgan fingerprint density at radius 2 is 2.06 bits per heavy atom. The van der Waals surface area contributed by atoms with Crippen molar-refractivity contribution < 1.29 is 4.39 Å². The highest BCUT2D eigenvalue weighted by molar-refractivity contribution is 5.47. The molecule has 0 bridgehead atoms. The summed E-state index contributed by atoms with van der Waals surface area (Å²) >= 11 is 0. The van der Waals surface area contributed by atoms with E-state index in [-0.39, 0.29) is 5.82 Å². The Kier molecular flexibility index (Phi) is 2.64. The van der Waals surface area contributed by atoms with Crippen LogP contribution < -0.4 is 5.73 Å². The van der Waals surface area contributed by atoms with Gasteiger partial charge in [0.2, 0.25) is 0 Å². The van der Waals surface area contributed by atoms with E-state index in [0.717, 1.165) is 5.69 Å². The molecule has 0 fully saturated rings. The fraction of sp³-hybridized carbons (Fsp3) is 0.250. The van der Waals surface area contributed by atoms with Gasteiger partial charge in [-0.3, -0.25) is 0 Å². The van der Waals surface area contributed by atoms with Crippen LogP contribution >= 0.6 is 0 Å². The third kappa shape index (κ3) is 2.05. The van der Waals surface area contributed by atoms with Crippen molar-refractivity contribution in [3.8, 4) is 5.69 Å². The molecule has 0 aliphatic rings. The number of benzene rings is 1. The lowest BCUT2D eigenvalue weighted by Gasteiger charge is -2.04. The van der Waals surface area contributed by atoms with Gasteiger partial charge in [-0.15, -0.1) is 0 Å². The molecule has 1 aromatic heterocycles. The molecule has 2 N–H and O–H groups in total. The number of nitrogen functional groups attached to an aromatic ring is 1. The third-order valence-corrected chi connectivity index (χ3v) is 2.37. The summed E-state index contributed by atoms with van der Waals surface area (Å²) in [6.07, 6.45) is 1.81. The van der Waals surface area contributed by atoms with Crippen LogP contribution in [0.4, 0.5) is 10.1 Å². The molecule has 2 rings (SSSR count). The zero-order valence-corrected chi connectivity index (χ0v) is 9.31. The zero-order chi connectivity index (χ0) is 11.7. The molecule has 4 heteroatoms. The topological polar surface area (TPSA) is 43.8 Å². The maximum absolute atomic E-state index is 13.2. The lowest BCUT2D eigenvalue weighted by molar-refractivity contribution is 0.625. The van der Waals surface area contributed by atoms with E-state index in [0.29, 0.717) is 17.3 Å². The van der Waals surface area contributed by atoms with Crippen molar-refractivity contribution in [2.24, 2.45) is 0 Å². The van der Waals surface area contributed by atoms with E-state index in [4.69, 9.17) is 5.73 Å². The molecule has 0 amide bonds. The van der Waals surface area contributed by atoms with Gasteiger partial charge >= 0.3 is 0 Å². The summed E-state index contributed by atoms with van der Waals surface area (Å²) in [5, 5.41) is 4.36. The summed E-state index contributed by atoms with van der Waals surface area (Å²) < 4.78 is 14.8. The summed E-state index contributed by atoms with van der Waals surface area (Å²) in [6, 6.07) is 6.32. The van der Waals surface area contributed by atoms with Gasteiger partial charge in [-0.05, 0) is 30.2 Å². The lowest BCUT2D eigenvalue weighted by atomic mass is 10.1. The van der Waals surface area contributed by atoms with Crippen LogP contribution in [-0.2, 0) is 0 Å². The molecule has 1 aromatic carbocycles. The molecule has 0 aliphatic heterocycles. The molecule has 0 spiro atoms. The Bertz CT molecular complexity index is 482. The highest BCUT2D eigenvalue weighted by Crippen LogP contribution is 2.17. The molecule has 84 valence electrons. The molecule has 16 heavy (non-hydrogen) atoms. The third-order valence-electron chi connectivity index (χ3n) is 2.37. The van der Waals surface area contributed by atoms with E-state index in [2.05, 4.69) is 18.9 Å². The maximum atomic E-state index is 13.2. The van der Waals surface area contributed by atoms with E-state index in [1.54, 1.807) is 10.7 Å². The normalized spacial score (nSPS) is 11.0. The average Bonchev–Trinajstić information content (AvgIpc) is 2.64. The molecular formula is C12H14FN3.